The summed E-state index contributed by atoms with van der Waals surface area (Å²) in [5, 5.41) is 5.79. The normalized spacial score (nSPS) is 19.1. The lowest BCUT2D eigenvalue weighted by atomic mass is 9.83. The fourth-order valence-corrected chi connectivity index (χ4v) is 4.13. The molecule has 3 heteroatoms. The number of halogens is 1. The molecule has 0 radical (unpaired) electrons. The van der Waals surface area contributed by atoms with Gasteiger partial charge in [-0.05, 0) is 52.1 Å². The SMILES string of the molecule is CCC1(CNCc2sccc2Br)CCCC1. The van der Waals surface area contributed by atoms with Gasteiger partial charge in [0.05, 0.1) is 0 Å². The van der Waals surface area contributed by atoms with Crippen LogP contribution in [0, 0.1) is 5.41 Å². The summed E-state index contributed by atoms with van der Waals surface area (Å²) in [5.74, 6) is 0. The maximum Gasteiger partial charge on any atom is 0.0327 e. The second-order valence-corrected chi connectivity index (χ2v) is 6.71. The van der Waals surface area contributed by atoms with Crippen LogP contribution in [0.25, 0.3) is 0 Å². The topological polar surface area (TPSA) is 12.0 Å². The predicted molar refractivity (Wildman–Crippen MR) is 74.9 cm³/mol. The summed E-state index contributed by atoms with van der Waals surface area (Å²) in [5.41, 5.74) is 0.601. The molecule has 0 unspecified atom stereocenters. The fourth-order valence-electron chi connectivity index (χ4n) is 2.67. The summed E-state index contributed by atoms with van der Waals surface area (Å²) in [7, 11) is 0. The molecular weight excluding hydrogens is 282 g/mol. The average molecular weight is 302 g/mol. The van der Waals surface area contributed by atoms with Crippen molar-refractivity contribution < 1.29 is 0 Å². The van der Waals surface area contributed by atoms with Gasteiger partial charge >= 0.3 is 0 Å². The zero-order valence-corrected chi connectivity index (χ0v) is 12.3. The molecule has 1 aromatic rings. The number of nitrogens with one attached hydrogen (secondary N) is 1. The van der Waals surface area contributed by atoms with Gasteiger partial charge in [-0.25, -0.2) is 0 Å². The first-order chi connectivity index (χ1) is 7.76. The van der Waals surface area contributed by atoms with E-state index in [2.05, 4.69) is 39.6 Å². The lowest BCUT2D eigenvalue weighted by Gasteiger charge is -2.27. The Balaban J connectivity index is 1.81. The van der Waals surface area contributed by atoms with Crippen molar-refractivity contribution in [1.82, 2.24) is 5.32 Å². The third kappa shape index (κ3) is 2.88. The van der Waals surface area contributed by atoms with Crippen LogP contribution in [0.2, 0.25) is 0 Å². The Morgan fingerprint density at radius 3 is 2.75 bits per heavy atom. The van der Waals surface area contributed by atoms with E-state index in [4.69, 9.17) is 0 Å². The minimum absolute atomic E-state index is 0.601. The predicted octanol–water partition coefficient (Wildman–Crippen LogP) is 4.57. The molecule has 1 fully saturated rings. The van der Waals surface area contributed by atoms with Crippen LogP contribution in [0.15, 0.2) is 15.9 Å². The van der Waals surface area contributed by atoms with Crippen LogP contribution in [0.5, 0.6) is 0 Å². The summed E-state index contributed by atoms with van der Waals surface area (Å²) in [6, 6.07) is 2.13. The largest absolute Gasteiger partial charge is 0.311 e. The summed E-state index contributed by atoms with van der Waals surface area (Å²) < 4.78 is 1.25. The molecule has 0 spiro atoms. The standard InChI is InChI=1S/C13H20BrNS/c1-2-13(6-3-4-7-13)10-15-9-12-11(14)5-8-16-12/h5,8,15H,2-4,6-7,9-10H2,1H3. The summed E-state index contributed by atoms with van der Waals surface area (Å²) >= 11 is 5.41. The van der Waals surface area contributed by atoms with E-state index in [0.717, 1.165) is 6.54 Å². The van der Waals surface area contributed by atoms with Crippen LogP contribution in [0.1, 0.15) is 43.9 Å². The van der Waals surface area contributed by atoms with Gasteiger partial charge in [-0.2, -0.15) is 0 Å². The van der Waals surface area contributed by atoms with Gasteiger partial charge in [-0.1, -0.05) is 19.8 Å². The Bertz CT molecular complexity index is 328. The van der Waals surface area contributed by atoms with Gasteiger partial charge in [0.25, 0.3) is 0 Å². The van der Waals surface area contributed by atoms with Gasteiger partial charge in [0.1, 0.15) is 0 Å². The maximum absolute atomic E-state index is 3.64. The van der Waals surface area contributed by atoms with Crippen molar-refractivity contribution in [2.24, 2.45) is 5.41 Å². The molecule has 0 aliphatic heterocycles. The Kier molecular flexibility index (Phi) is 4.45. The molecule has 0 amide bonds. The first kappa shape index (κ1) is 12.6. The summed E-state index contributed by atoms with van der Waals surface area (Å²) in [6.45, 7) is 4.54. The lowest BCUT2D eigenvalue weighted by molar-refractivity contribution is 0.268. The first-order valence-electron chi connectivity index (χ1n) is 6.18. The minimum Gasteiger partial charge on any atom is -0.311 e. The molecule has 1 saturated carbocycles. The number of hydrogen-bond acceptors (Lipinski definition) is 2. The van der Waals surface area contributed by atoms with E-state index < -0.39 is 0 Å². The Hall–Kier alpha value is 0.140. The smallest absolute Gasteiger partial charge is 0.0327 e. The van der Waals surface area contributed by atoms with Crippen LogP contribution < -0.4 is 5.32 Å². The highest BCUT2D eigenvalue weighted by Crippen LogP contribution is 2.40. The van der Waals surface area contributed by atoms with Gasteiger partial charge in [-0.3, -0.25) is 0 Å². The van der Waals surface area contributed by atoms with Gasteiger partial charge in [-0.15, -0.1) is 11.3 Å². The quantitative estimate of drug-likeness (QED) is 0.840. The van der Waals surface area contributed by atoms with Crippen LogP contribution in [0.4, 0.5) is 0 Å². The average Bonchev–Trinajstić information content (AvgIpc) is 2.90. The van der Waals surface area contributed by atoms with Crippen molar-refractivity contribution in [2.45, 2.75) is 45.6 Å². The van der Waals surface area contributed by atoms with E-state index >= 15 is 0 Å². The lowest BCUT2D eigenvalue weighted by Crippen LogP contribution is -2.31. The summed E-state index contributed by atoms with van der Waals surface area (Å²) in [4.78, 5) is 1.42. The summed E-state index contributed by atoms with van der Waals surface area (Å²) in [6.07, 6.45) is 7.02. The third-order valence-electron chi connectivity index (χ3n) is 3.89. The molecule has 1 heterocycles. The van der Waals surface area contributed by atoms with Crippen molar-refractivity contribution >= 4 is 27.3 Å². The second-order valence-electron chi connectivity index (χ2n) is 4.86. The molecule has 16 heavy (non-hydrogen) atoms. The van der Waals surface area contributed by atoms with Crippen LogP contribution in [-0.2, 0) is 6.54 Å². The van der Waals surface area contributed by atoms with Crippen molar-refractivity contribution in [3.8, 4) is 0 Å². The van der Waals surface area contributed by atoms with Gasteiger partial charge < -0.3 is 5.32 Å². The molecule has 0 saturated heterocycles. The Morgan fingerprint density at radius 2 is 2.19 bits per heavy atom. The molecule has 1 aliphatic rings. The van der Waals surface area contributed by atoms with E-state index in [1.54, 1.807) is 0 Å². The molecule has 1 aromatic heterocycles. The monoisotopic (exact) mass is 301 g/mol. The van der Waals surface area contributed by atoms with E-state index in [9.17, 15) is 0 Å². The second kappa shape index (κ2) is 5.65. The molecule has 1 aliphatic carbocycles. The molecule has 0 aromatic carbocycles. The maximum atomic E-state index is 3.64. The van der Waals surface area contributed by atoms with Crippen molar-refractivity contribution in [3.63, 3.8) is 0 Å². The van der Waals surface area contributed by atoms with Crippen molar-refractivity contribution in [3.05, 3.63) is 20.8 Å². The van der Waals surface area contributed by atoms with E-state index in [0.29, 0.717) is 5.41 Å². The van der Waals surface area contributed by atoms with E-state index in [1.807, 2.05) is 11.3 Å². The highest BCUT2D eigenvalue weighted by atomic mass is 79.9. The zero-order chi connectivity index (χ0) is 11.4. The minimum atomic E-state index is 0.601. The van der Waals surface area contributed by atoms with Crippen LogP contribution >= 0.6 is 27.3 Å². The highest BCUT2D eigenvalue weighted by Gasteiger charge is 2.31. The molecular formula is C13H20BrNS. The molecule has 90 valence electrons. The molecule has 0 atom stereocenters. The van der Waals surface area contributed by atoms with E-state index in [-0.39, 0.29) is 0 Å². The Morgan fingerprint density at radius 1 is 1.44 bits per heavy atom. The van der Waals surface area contributed by atoms with Gasteiger partial charge in [0.15, 0.2) is 0 Å². The van der Waals surface area contributed by atoms with Gasteiger partial charge in [0, 0.05) is 22.4 Å². The Labute approximate surface area is 111 Å². The number of thiophene rings is 1. The third-order valence-corrected chi connectivity index (χ3v) is 5.82. The molecule has 2 rings (SSSR count). The molecule has 0 bridgehead atoms. The first-order valence-corrected chi connectivity index (χ1v) is 7.86. The van der Waals surface area contributed by atoms with Crippen molar-refractivity contribution in [1.29, 1.82) is 0 Å². The van der Waals surface area contributed by atoms with E-state index in [1.165, 1.54) is 48.0 Å². The zero-order valence-electron chi connectivity index (χ0n) is 9.89. The molecule has 1 N–H and O–H groups in total. The molecule has 1 nitrogen and oxygen atoms in total. The number of hydrogen-bond donors (Lipinski definition) is 1. The van der Waals surface area contributed by atoms with Gasteiger partial charge in [0.2, 0.25) is 0 Å². The highest BCUT2D eigenvalue weighted by molar-refractivity contribution is 9.10. The van der Waals surface area contributed by atoms with Crippen LogP contribution in [0.3, 0.4) is 0 Å². The number of rotatable bonds is 5. The van der Waals surface area contributed by atoms with Crippen LogP contribution in [-0.4, -0.2) is 6.54 Å². The fraction of sp³-hybridized carbons (Fsp3) is 0.692. The van der Waals surface area contributed by atoms with Crippen molar-refractivity contribution in [2.75, 3.05) is 6.54 Å².